The molecule has 0 aliphatic rings. The molecule has 0 amide bonds. The Morgan fingerprint density at radius 2 is 0.860 bits per heavy atom. The van der Waals surface area contributed by atoms with Crippen molar-refractivity contribution < 1.29 is 32.9 Å². The fraction of sp³-hybridized carbons (Fsp3) is 0. The lowest BCUT2D eigenvalue weighted by atomic mass is 10.0. The zero-order valence-electron chi connectivity index (χ0n) is 49.5. The highest BCUT2D eigenvalue weighted by Crippen LogP contribution is 2.39. The molecule has 0 N–H and O–H groups in total. The van der Waals surface area contributed by atoms with Crippen molar-refractivity contribution in [2.45, 2.75) is 0 Å². The first-order chi connectivity index (χ1) is 34.8. The first kappa shape index (κ1) is 13.3. The molecule has 0 saturated heterocycles. The van der Waals surface area contributed by atoms with Gasteiger partial charge in [0, 0.05) is 32.9 Å². The minimum atomic E-state index is -0.813. The first-order valence-electron chi connectivity index (χ1n) is 27.2. The average molecular weight is 661 g/mol. The van der Waals surface area contributed by atoms with E-state index in [0.29, 0.717) is 16.5 Å². The molecule has 0 aliphatic carbocycles. The van der Waals surface area contributed by atoms with E-state index in [-0.39, 0.29) is 50.3 Å². The molecule has 0 unspecified atom stereocenters. The van der Waals surface area contributed by atoms with Gasteiger partial charge in [-0.3, -0.25) is 0 Å². The molecule has 2 heteroatoms. The van der Waals surface area contributed by atoms with Gasteiger partial charge in [-0.2, -0.15) is 0 Å². The topological polar surface area (TPSA) is 9.86 Å². The highest BCUT2D eigenvalue weighted by atomic mass is 15.0. The van der Waals surface area contributed by atoms with E-state index in [1.165, 1.54) is 28.8 Å². The first-order valence-corrected chi connectivity index (χ1v) is 15.2. The van der Waals surface area contributed by atoms with Crippen molar-refractivity contribution in [2.75, 3.05) is 0 Å². The molecule has 0 aliphatic heterocycles. The second-order valence-corrected chi connectivity index (χ2v) is 11.2. The van der Waals surface area contributed by atoms with Crippen LogP contribution in [0.3, 0.4) is 0 Å². The van der Waals surface area contributed by atoms with E-state index in [1.54, 1.807) is 24.3 Å². The number of hydrogen-bond acceptors (Lipinski definition) is 0. The van der Waals surface area contributed by atoms with Crippen molar-refractivity contribution in [3.63, 3.8) is 0 Å². The number of nitrogens with zero attached hydrogens (tertiary/aromatic N) is 2. The van der Waals surface area contributed by atoms with Gasteiger partial charge < -0.3 is 9.13 Å². The van der Waals surface area contributed by atoms with Crippen LogP contribution in [0.4, 0.5) is 0 Å². The summed E-state index contributed by atoms with van der Waals surface area (Å²) in [5.41, 5.74) is -2.65. The van der Waals surface area contributed by atoms with E-state index in [1.807, 2.05) is 0 Å². The van der Waals surface area contributed by atoms with Crippen LogP contribution in [-0.4, -0.2) is 9.13 Å². The molecule has 234 valence electrons. The predicted octanol–water partition coefficient (Wildman–Crippen LogP) is 12.9. The third kappa shape index (κ3) is 4.57. The van der Waals surface area contributed by atoms with Crippen molar-refractivity contribution >= 4 is 43.6 Å². The molecule has 8 aromatic carbocycles. The van der Waals surface area contributed by atoms with Crippen molar-refractivity contribution in [3.05, 3.63) is 194 Å². The fourth-order valence-corrected chi connectivity index (χ4v) is 6.24. The van der Waals surface area contributed by atoms with E-state index in [2.05, 4.69) is 0 Å². The maximum atomic E-state index is 9.56. The van der Waals surface area contributed by atoms with Crippen LogP contribution >= 0.6 is 0 Å². The standard InChI is InChI=1S/C48H32N2/c1-3-13-33(14-4-1)35-17-11-19-39(29-35)49-45-23-9-7-21-41(45)43-31-37(25-27-47(43)49)38-26-28-48-44(32-38)42-22-8-10-24-46(42)50(48)40-20-12-18-36(30-40)34-15-5-2-6-16-34/h1-32H/i1D,2D,3D,4D,5D,6D,7D,9D,11D,12D,13D,14D,15D,16D,17D,18D,19D,20D,21D,23D,24D,28D,29D,30D. The summed E-state index contributed by atoms with van der Waals surface area (Å²) >= 11 is 0. The van der Waals surface area contributed by atoms with Crippen LogP contribution in [0.2, 0.25) is 0 Å². The molecule has 50 heavy (non-hydrogen) atoms. The summed E-state index contributed by atoms with van der Waals surface area (Å²) in [4.78, 5) is 0. The van der Waals surface area contributed by atoms with Crippen molar-refractivity contribution in [1.82, 2.24) is 9.13 Å². The second kappa shape index (κ2) is 11.5. The van der Waals surface area contributed by atoms with Gasteiger partial charge in [0.15, 0.2) is 0 Å². The summed E-state index contributed by atoms with van der Waals surface area (Å²) in [6.45, 7) is 0. The average Bonchev–Trinajstić information content (AvgIpc) is 3.90. The summed E-state index contributed by atoms with van der Waals surface area (Å²) in [6, 6.07) is -4.41. The Morgan fingerprint density at radius 3 is 1.56 bits per heavy atom. The van der Waals surface area contributed by atoms with Crippen LogP contribution in [0.1, 0.15) is 32.9 Å². The number of rotatable bonds is 5. The molecular weight excluding hydrogens is 605 g/mol. The van der Waals surface area contributed by atoms with Crippen LogP contribution in [0.15, 0.2) is 194 Å². The summed E-state index contributed by atoms with van der Waals surface area (Å²) < 4.78 is 213. The second-order valence-electron chi connectivity index (χ2n) is 11.2. The largest absolute Gasteiger partial charge is 0.309 e. The van der Waals surface area contributed by atoms with Gasteiger partial charge >= 0.3 is 0 Å². The Labute approximate surface area is 324 Å². The van der Waals surface area contributed by atoms with Crippen LogP contribution in [0.5, 0.6) is 0 Å². The number of para-hydroxylation sites is 2. The van der Waals surface area contributed by atoms with E-state index >= 15 is 0 Å². The zero-order chi connectivity index (χ0) is 53.9. The smallest absolute Gasteiger partial charge is 0.0651 e. The molecule has 0 bridgehead atoms. The SMILES string of the molecule is [2H]c1c([2H])c([2H])c(-c2c([2H])c([2H])c([2H])c(-n3c4ccc(-c5cc([2H])c6c(c5)c5cccc([2H])c5n6-c5c([2H])c([2H])c([2H])c(-c6c([2H])c([2H])c([2H])c([2H])c6[2H])c5[2H])cc4c4c([2H])c([2H])c([2H])c([2H])c43)c2[2H])c([2H])c1[2H]. The Kier molecular flexibility index (Phi) is 3.07. The number of aromatic nitrogens is 2. The molecule has 10 rings (SSSR count). The van der Waals surface area contributed by atoms with Crippen LogP contribution in [-0.2, 0) is 0 Å². The molecular formula is C48H32N2. The fourth-order valence-electron chi connectivity index (χ4n) is 6.24. The van der Waals surface area contributed by atoms with Gasteiger partial charge in [0.25, 0.3) is 0 Å². The van der Waals surface area contributed by atoms with Crippen LogP contribution in [0.25, 0.3) is 88.4 Å². The minimum absolute atomic E-state index is 0.0197. The molecule has 0 atom stereocenters. The molecule has 10 aromatic rings. The summed E-state index contributed by atoms with van der Waals surface area (Å²) in [6.07, 6.45) is 0. The molecule has 2 nitrogen and oxygen atoms in total. The molecule has 2 aromatic heterocycles. The van der Waals surface area contributed by atoms with Gasteiger partial charge in [-0.1, -0.05) is 133 Å². The maximum Gasteiger partial charge on any atom is 0.0651 e. The van der Waals surface area contributed by atoms with Gasteiger partial charge in [-0.25, -0.2) is 0 Å². The maximum absolute atomic E-state index is 9.56. The zero-order valence-corrected chi connectivity index (χ0v) is 25.5. The van der Waals surface area contributed by atoms with Crippen LogP contribution in [0, 0.1) is 0 Å². The molecule has 0 fully saturated rings. The van der Waals surface area contributed by atoms with E-state index in [4.69, 9.17) is 28.8 Å². The van der Waals surface area contributed by atoms with Crippen molar-refractivity contribution in [3.8, 4) is 44.8 Å². The van der Waals surface area contributed by atoms with Gasteiger partial charge in [-0.15, -0.1) is 0 Å². The van der Waals surface area contributed by atoms with Crippen LogP contribution < -0.4 is 0 Å². The quantitative estimate of drug-likeness (QED) is 0.174. The third-order valence-corrected chi connectivity index (χ3v) is 8.39. The Balaban J connectivity index is 1.27. The highest BCUT2D eigenvalue weighted by Gasteiger charge is 2.16. The van der Waals surface area contributed by atoms with Gasteiger partial charge in [0.2, 0.25) is 0 Å². The Hall–Kier alpha value is -6.64. The highest BCUT2D eigenvalue weighted by molar-refractivity contribution is 6.12. The molecule has 0 spiro atoms. The molecule has 2 heterocycles. The molecule has 0 radical (unpaired) electrons. The van der Waals surface area contributed by atoms with Gasteiger partial charge in [0.05, 0.1) is 55.0 Å². The predicted molar refractivity (Wildman–Crippen MR) is 211 cm³/mol. The number of hydrogen-bond donors (Lipinski definition) is 0. The van der Waals surface area contributed by atoms with Gasteiger partial charge in [0.1, 0.15) is 0 Å². The normalized spacial score (nSPS) is 18.3. The van der Waals surface area contributed by atoms with Crippen molar-refractivity contribution in [1.29, 1.82) is 0 Å². The summed E-state index contributed by atoms with van der Waals surface area (Å²) in [5.74, 6) is 0. The Bertz CT molecular complexity index is 4190. The minimum Gasteiger partial charge on any atom is -0.309 e. The van der Waals surface area contributed by atoms with E-state index in [0.717, 1.165) is 4.57 Å². The van der Waals surface area contributed by atoms with E-state index in [9.17, 15) is 4.11 Å². The van der Waals surface area contributed by atoms with Gasteiger partial charge in [-0.05, 0) is 93.9 Å². The number of benzene rings is 8. The number of fused-ring (bicyclic) bond motifs is 6. The lowest BCUT2D eigenvalue weighted by molar-refractivity contribution is 1.18. The van der Waals surface area contributed by atoms with Crippen molar-refractivity contribution in [2.24, 2.45) is 0 Å². The summed E-state index contributed by atoms with van der Waals surface area (Å²) in [5, 5.41) is 0.615. The lowest BCUT2D eigenvalue weighted by Crippen LogP contribution is -1.94. The van der Waals surface area contributed by atoms with E-state index < -0.39 is 167 Å². The lowest BCUT2D eigenvalue weighted by Gasteiger charge is -2.11. The monoisotopic (exact) mass is 660 g/mol. The summed E-state index contributed by atoms with van der Waals surface area (Å²) in [7, 11) is 0. The Morgan fingerprint density at radius 1 is 0.320 bits per heavy atom. The third-order valence-electron chi connectivity index (χ3n) is 8.39. The molecule has 0 saturated carbocycles.